The van der Waals surface area contributed by atoms with E-state index in [2.05, 4.69) is 5.32 Å². The highest BCUT2D eigenvalue weighted by molar-refractivity contribution is 5.94. The van der Waals surface area contributed by atoms with E-state index >= 15 is 0 Å². The number of nitrogens with one attached hydrogen (secondary N) is 1. The second-order valence-electron chi connectivity index (χ2n) is 5.36. The van der Waals surface area contributed by atoms with Crippen LogP contribution in [-0.4, -0.2) is 29.3 Å². The molecule has 0 aliphatic carbocycles. The fourth-order valence-electron chi connectivity index (χ4n) is 2.23. The summed E-state index contributed by atoms with van der Waals surface area (Å²) in [5.41, 5.74) is 1.03. The minimum absolute atomic E-state index is 0.00804. The number of benzene rings is 1. The van der Waals surface area contributed by atoms with Crippen LogP contribution in [0, 0.1) is 0 Å². The molecule has 0 aromatic heterocycles. The number of hydrogen-bond donors (Lipinski definition) is 2. The zero-order valence-corrected chi connectivity index (χ0v) is 13.0. The van der Waals surface area contributed by atoms with Gasteiger partial charge in [-0.1, -0.05) is 50.1 Å². The number of aliphatic carboxylic acids is 1. The van der Waals surface area contributed by atoms with Gasteiger partial charge in [0.25, 0.3) is 5.91 Å². The van der Waals surface area contributed by atoms with Gasteiger partial charge in [0.1, 0.15) is 12.3 Å². The van der Waals surface area contributed by atoms with E-state index in [0.29, 0.717) is 12.8 Å². The molecule has 23 heavy (non-hydrogen) atoms. The zero-order valence-electron chi connectivity index (χ0n) is 13.0. The maximum atomic E-state index is 12.1. The number of hydrogen-bond acceptors (Lipinski definition) is 4. The van der Waals surface area contributed by atoms with Gasteiger partial charge in [0.15, 0.2) is 0 Å². The largest absolute Gasteiger partial charge is 0.480 e. The Hall–Kier alpha value is -2.50. The van der Waals surface area contributed by atoms with Gasteiger partial charge >= 0.3 is 5.97 Å². The fraction of sp³-hybridized carbons (Fsp3) is 0.412. The number of carboxylic acid groups (broad SMARTS) is 1. The molecule has 2 rings (SSSR count). The number of rotatable bonds is 8. The van der Waals surface area contributed by atoms with E-state index in [1.807, 2.05) is 37.3 Å². The van der Waals surface area contributed by atoms with Crippen LogP contribution in [0.1, 0.15) is 31.7 Å². The van der Waals surface area contributed by atoms with Crippen LogP contribution in [-0.2, 0) is 25.5 Å². The highest BCUT2D eigenvalue weighted by Gasteiger charge is 2.28. The molecule has 6 heteroatoms. The van der Waals surface area contributed by atoms with Crippen LogP contribution >= 0.6 is 0 Å². The lowest BCUT2D eigenvalue weighted by molar-refractivity contribution is -0.142. The second-order valence-corrected chi connectivity index (χ2v) is 5.36. The molecule has 0 saturated carbocycles. The lowest BCUT2D eigenvalue weighted by Crippen LogP contribution is -2.41. The molecule has 6 nitrogen and oxygen atoms in total. The van der Waals surface area contributed by atoms with Gasteiger partial charge in [-0.15, -0.1) is 0 Å². The lowest BCUT2D eigenvalue weighted by atomic mass is 10.1. The van der Waals surface area contributed by atoms with E-state index < -0.39 is 24.2 Å². The number of carbonyl (C=O) groups is 2. The normalized spacial score (nSPS) is 17.6. The van der Waals surface area contributed by atoms with Crippen molar-refractivity contribution in [2.45, 2.75) is 44.9 Å². The molecule has 1 aliphatic rings. The average molecular weight is 319 g/mol. The van der Waals surface area contributed by atoms with Crippen LogP contribution in [0.5, 0.6) is 0 Å². The molecule has 0 bridgehead atoms. The van der Waals surface area contributed by atoms with Crippen LogP contribution in [0.3, 0.4) is 0 Å². The third kappa shape index (κ3) is 5.02. The molecular formula is C17H21NO5. The van der Waals surface area contributed by atoms with Crippen LogP contribution < -0.4 is 5.32 Å². The monoisotopic (exact) mass is 319 g/mol. The van der Waals surface area contributed by atoms with E-state index in [4.69, 9.17) is 14.6 Å². The number of carboxylic acids is 1. The van der Waals surface area contributed by atoms with E-state index in [-0.39, 0.29) is 5.76 Å². The molecule has 0 saturated heterocycles. The summed E-state index contributed by atoms with van der Waals surface area (Å²) in [7, 11) is 0. The molecule has 0 fully saturated rings. The summed E-state index contributed by atoms with van der Waals surface area (Å²) in [5, 5.41) is 11.6. The Morgan fingerprint density at radius 2 is 2.04 bits per heavy atom. The van der Waals surface area contributed by atoms with Gasteiger partial charge in [-0.25, -0.2) is 4.79 Å². The summed E-state index contributed by atoms with van der Waals surface area (Å²) >= 11 is 0. The van der Waals surface area contributed by atoms with E-state index in [1.54, 1.807) is 0 Å². The van der Waals surface area contributed by atoms with Gasteiger partial charge in [0.05, 0.1) is 0 Å². The molecule has 0 spiro atoms. The maximum Gasteiger partial charge on any atom is 0.326 e. The second kappa shape index (κ2) is 8.22. The molecule has 1 aromatic carbocycles. The van der Waals surface area contributed by atoms with Crippen molar-refractivity contribution in [2.75, 3.05) is 0 Å². The summed E-state index contributed by atoms with van der Waals surface area (Å²) in [6.07, 6.45) is 3.15. The van der Waals surface area contributed by atoms with Crippen molar-refractivity contribution in [3.05, 3.63) is 47.9 Å². The van der Waals surface area contributed by atoms with Crippen molar-refractivity contribution >= 4 is 11.9 Å². The van der Waals surface area contributed by atoms with Crippen LogP contribution in [0.15, 0.2) is 42.4 Å². The van der Waals surface area contributed by atoms with Crippen LogP contribution in [0.2, 0.25) is 0 Å². The molecule has 124 valence electrons. The molecule has 1 amide bonds. The van der Waals surface area contributed by atoms with Gasteiger partial charge in [-0.05, 0) is 12.0 Å². The number of amides is 1. The van der Waals surface area contributed by atoms with Gasteiger partial charge in [0.2, 0.25) is 12.0 Å². The molecule has 2 N–H and O–H groups in total. The lowest BCUT2D eigenvalue weighted by Gasteiger charge is -2.15. The predicted octanol–water partition coefficient (Wildman–Crippen LogP) is 2.20. The number of ether oxygens (including phenoxy) is 2. The topological polar surface area (TPSA) is 84.9 Å². The number of carbonyl (C=O) groups excluding carboxylic acids is 1. The highest BCUT2D eigenvalue weighted by Crippen LogP contribution is 2.18. The van der Waals surface area contributed by atoms with Crippen molar-refractivity contribution in [3.63, 3.8) is 0 Å². The van der Waals surface area contributed by atoms with E-state index in [1.165, 1.54) is 6.26 Å². The Labute approximate surface area is 135 Å². The van der Waals surface area contributed by atoms with Gasteiger partial charge in [-0.2, -0.15) is 0 Å². The van der Waals surface area contributed by atoms with Gasteiger partial charge in [-0.3, -0.25) is 4.79 Å². The quantitative estimate of drug-likeness (QED) is 0.767. The first kappa shape index (κ1) is 16.9. The van der Waals surface area contributed by atoms with Crippen molar-refractivity contribution in [1.82, 2.24) is 5.32 Å². The first-order chi connectivity index (χ1) is 11.1. The predicted molar refractivity (Wildman–Crippen MR) is 83.3 cm³/mol. The Kier molecular flexibility index (Phi) is 6.02. The van der Waals surface area contributed by atoms with Crippen LogP contribution in [0.25, 0.3) is 0 Å². The molecule has 1 aliphatic heterocycles. The Morgan fingerprint density at radius 3 is 2.70 bits per heavy atom. The summed E-state index contributed by atoms with van der Waals surface area (Å²) in [4.78, 5) is 23.2. The molecule has 2 atom stereocenters. The summed E-state index contributed by atoms with van der Waals surface area (Å²) in [6, 6.07) is 8.71. The Balaban J connectivity index is 1.85. The molecular weight excluding hydrogens is 298 g/mol. The van der Waals surface area contributed by atoms with Crippen molar-refractivity contribution in [3.8, 4) is 0 Å². The summed E-state index contributed by atoms with van der Waals surface area (Å²) < 4.78 is 10.8. The highest BCUT2D eigenvalue weighted by atomic mass is 16.7. The Bertz CT molecular complexity index is 570. The molecule has 1 aromatic rings. The Morgan fingerprint density at radius 1 is 1.30 bits per heavy atom. The maximum absolute atomic E-state index is 12.1. The van der Waals surface area contributed by atoms with Crippen LogP contribution in [0.4, 0.5) is 0 Å². The minimum Gasteiger partial charge on any atom is -0.480 e. The van der Waals surface area contributed by atoms with Gasteiger partial charge < -0.3 is 19.9 Å². The average Bonchev–Trinajstić information content (AvgIpc) is 3.00. The van der Waals surface area contributed by atoms with E-state index in [0.717, 1.165) is 18.4 Å². The fourth-order valence-corrected chi connectivity index (χ4v) is 2.23. The molecule has 0 radical (unpaired) electrons. The van der Waals surface area contributed by atoms with Crippen molar-refractivity contribution < 1.29 is 24.2 Å². The third-order valence-electron chi connectivity index (χ3n) is 3.50. The summed E-state index contributed by atoms with van der Waals surface area (Å²) in [6.45, 7) is 1.96. The smallest absolute Gasteiger partial charge is 0.326 e. The van der Waals surface area contributed by atoms with Crippen molar-refractivity contribution in [1.29, 1.82) is 0 Å². The zero-order chi connectivity index (χ0) is 16.7. The SMILES string of the molecule is CCCC[C@@H](NC(=O)C1=COC(Cc2ccccc2)O1)C(=O)O. The molecule has 1 unspecified atom stereocenters. The van der Waals surface area contributed by atoms with Gasteiger partial charge in [0, 0.05) is 6.42 Å². The minimum atomic E-state index is -1.05. The van der Waals surface area contributed by atoms with Crippen molar-refractivity contribution in [2.24, 2.45) is 0 Å². The first-order valence-corrected chi connectivity index (χ1v) is 7.70. The summed E-state index contributed by atoms with van der Waals surface area (Å²) in [5.74, 6) is -1.61. The first-order valence-electron chi connectivity index (χ1n) is 7.70. The van der Waals surface area contributed by atoms with E-state index in [9.17, 15) is 9.59 Å². The number of unbranched alkanes of at least 4 members (excludes halogenated alkanes) is 1. The standard InChI is InChI=1S/C17H21NO5/c1-2-3-9-13(17(20)21)18-16(19)14-11-22-15(23-14)10-12-7-5-4-6-8-12/h4-8,11,13,15H,2-3,9-10H2,1H3,(H,18,19)(H,20,21)/t13-,15?/m1/s1. The molecule has 1 heterocycles. The third-order valence-corrected chi connectivity index (χ3v) is 3.50.